The minimum absolute atomic E-state index is 0.0366. The quantitative estimate of drug-likeness (QED) is 0.558. The summed E-state index contributed by atoms with van der Waals surface area (Å²) < 4.78 is 21.6. The van der Waals surface area contributed by atoms with Gasteiger partial charge in [0.25, 0.3) is 0 Å². The van der Waals surface area contributed by atoms with Crippen LogP contribution in [0, 0.1) is 5.82 Å². The van der Waals surface area contributed by atoms with Gasteiger partial charge in [-0.05, 0) is 52.3 Å². The molecule has 37 heavy (non-hydrogen) atoms. The van der Waals surface area contributed by atoms with Gasteiger partial charge < -0.3 is 19.9 Å². The Balaban J connectivity index is 1.31. The summed E-state index contributed by atoms with van der Waals surface area (Å²) in [5, 5.41) is 7.52. The molecule has 196 valence electrons. The first kappa shape index (κ1) is 24.8. The molecule has 5 rings (SSSR count). The number of fused-ring (bicyclic) bond motifs is 2. The van der Waals surface area contributed by atoms with Crippen LogP contribution in [0.1, 0.15) is 33.3 Å². The number of ether oxygens (including phenoxy) is 1. The van der Waals surface area contributed by atoms with Gasteiger partial charge in [-0.15, -0.1) is 0 Å². The minimum atomic E-state index is -0.542. The molecule has 2 aliphatic rings. The summed E-state index contributed by atoms with van der Waals surface area (Å²) in [6.45, 7) is 9.90. The van der Waals surface area contributed by atoms with E-state index in [2.05, 4.69) is 20.3 Å². The molecule has 3 amide bonds. The van der Waals surface area contributed by atoms with Crippen molar-refractivity contribution in [1.29, 1.82) is 0 Å². The Hall–Kier alpha value is -3.89. The van der Waals surface area contributed by atoms with Crippen molar-refractivity contribution in [3.05, 3.63) is 42.0 Å². The first-order valence-electron chi connectivity index (χ1n) is 12.4. The Morgan fingerprint density at radius 3 is 2.70 bits per heavy atom. The number of hydrogen-bond donors (Lipinski definition) is 1. The van der Waals surface area contributed by atoms with E-state index in [0.29, 0.717) is 49.5 Å². The third-order valence-corrected chi connectivity index (χ3v) is 6.62. The summed E-state index contributed by atoms with van der Waals surface area (Å²) in [6.07, 6.45) is 3.76. The summed E-state index contributed by atoms with van der Waals surface area (Å²) in [5.74, 6) is 0.107. The number of nitrogens with zero attached hydrogens (tertiary/aromatic N) is 6. The Morgan fingerprint density at radius 2 is 1.97 bits per heavy atom. The number of carbonyl (C=O) groups excluding carboxylic acids is 2. The van der Waals surface area contributed by atoms with Gasteiger partial charge in [0, 0.05) is 74.0 Å². The molecule has 2 aliphatic heterocycles. The van der Waals surface area contributed by atoms with E-state index in [0.717, 1.165) is 11.3 Å². The van der Waals surface area contributed by atoms with Crippen molar-refractivity contribution in [2.24, 2.45) is 7.05 Å². The molecular weight excluding hydrogens is 477 g/mol. The Labute approximate surface area is 215 Å². The Morgan fingerprint density at radius 1 is 1.19 bits per heavy atom. The standard InChI is InChI=1S/C26H32FN7O3/c1-16-14-32(10-11-33(16)25(36)37-26(2,3)4)21-6-8-28-23-19(21)7-9-34(23)24(35)29-18-12-17-15-31(5)30-22(17)20(27)13-18/h6,8,12-13,15-16H,7,9-11,14H2,1-5H3,(H,29,35)/t16-/m1/s1. The summed E-state index contributed by atoms with van der Waals surface area (Å²) >= 11 is 0. The van der Waals surface area contributed by atoms with Crippen molar-refractivity contribution in [1.82, 2.24) is 19.7 Å². The summed E-state index contributed by atoms with van der Waals surface area (Å²) in [6, 6.07) is 4.54. The van der Waals surface area contributed by atoms with Crippen LogP contribution in [0.15, 0.2) is 30.6 Å². The molecule has 0 saturated carbocycles. The average molecular weight is 510 g/mol. The number of aryl methyl sites for hydroxylation is 1. The van der Waals surface area contributed by atoms with Crippen LogP contribution < -0.4 is 15.1 Å². The van der Waals surface area contributed by atoms with Gasteiger partial charge in [-0.1, -0.05) is 0 Å². The lowest BCUT2D eigenvalue weighted by Crippen LogP contribution is -2.55. The molecule has 10 nitrogen and oxygen atoms in total. The summed E-state index contributed by atoms with van der Waals surface area (Å²) in [4.78, 5) is 35.9. The third kappa shape index (κ3) is 4.90. The molecule has 0 radical (unpaired) electrons. The Kier molecular flexibility index (Phi) is 6.17. The number of nitrogens with one attached hydrogen (secondary N) is 1. The molecule has 1 aromatic carbocycles. The van der Waals surface area contributed by atoms with Crippen LogP contribution in [-0.2, 0) is 18.2 Å². The van der Waals surface area contributed by atoms with E-state index < -0.39 is 11.4 Å². The Bertz CT molecular complexity index is 1370. The van der Waals surface area contributed by atoms with Crippen LogP contribution in [0.2, 0.25) is 0 Å². The fourth-order valence-electron chi connectivity index (χ4n) is 5.01. The van der Waals surface area contributed by atoms with Gasteiger partial charge in [0.15, 0.2) is 5.82 Å². The van der Waals surface area contributed by atoms with Crippen LogP contribution in [0.4, 0.5) is 31.2 Å². The second-order valence-corrected chi connectivity index (χ2v) is 10.6. The molecule has 0 bridgehead atoms. The highest BCUT2D eigenvalue weighted by atomic mass is 19.1. The predicted octanol–water partition coefficient (Wildman–Crippen LogP) is 4.15. The predicted molar refractivity (Wildman–Crippen MR) is 140 cm³/mol. The van der Waals surface area contributed by atoms with Crippen molar-refractivity contribution in [3.63, 3.8) is 0 Å². The highest BCUT2D eigenvalue weighted by molar-refractivity contribution is 6.04. The number of carbonyl (C=O) groups is 2. The van der Waals surface area contributed by atoms with E-state index in [4.69, 9.17) is 4.74 Å². The average Bonchev–Trinajstić information content (AvgIpc) is 3.41. The van der Waals surface area contributed by atoms with Crippen molar-refractivity contribution in [2.75, 3.05) is 41.3 Å². The number of anilines is 3. The summed E-state index contributed by atoms with van der Waals surface area (Å²) in [5.41, 5.74) is 2.08. The monoisotopic (exact) mass is 509 g/mol. The topological polar surface area (TPSA) is 95.8 Å². The smallest absolute Gasteiger partial charge is 0.410 e. The van der Waals surface area contributed by atoms with Crippen molar-refractivity contribution < 1.29 is 18.7 Å². The molecule has 11 heteroatoms. The van der Waals surface area contributed by atoms with Crippen LogP contribution in [0.5, 0.6) is 0 Å². The third-order valence-electron chi connectivity index (χ3n) is 6.62. The molecule has 0 aliphatic carbocycles. The molecule has 0 spiro atoms. The van der Waals surface area contributed by atoms with Crippen molar-refractivity contribution in [2.45, 2.75) is 45.8 Å². The highest BCUT2D eigenvalue weighted by Gasteiger charge is 2.34. The number of pyridine rings is 1. The highest BCUT2D eigenvalue weighted by Crippen LogP contribution is 2.35. The maximum atomic E-state index is 14.5. The lowest BCUT2D eigenvalue weighted by Gasteiger charge is -2.41. The van der Waals surface area contributed by atoms with Gasteiger partial charge in [0.05, 0.1) is 0 Å². The molecule has 1 N–H and O–H groups in total. The largest absolute Gasteiger partial charge is 0.444 e. The fourth-order valence-corrected chi connectivity index (χ4v) is 5.01. The number of benzene rings is 1. The number of urea groups is 1. The fraction of sp³-hybridized carbons (Fsp3) is 0.462. The van der Waals surface area contributed by atoms with E-state index in [1.165, 1.54) is 10.7 Å². The molecular formula is C26H32FN7O3. The zero-order valence-electron chi connectivity index (χ0n) is 21.8. The van der Waals surface area contributed by atoms with E-state index in [1.807, 2.05) is 33.8 Å². The van der Waals surface area contributed by atoms with Crippen LogP contribution in [0.25, 0.3) is 10.9 Å². The van der Waals surface area contributed by atoms with Gasteiger partial charge in [-0.2, -0.15) is 5.10 Å². The number of aromatic nitrogens is 3. The van der Waals surface area contributed by atoms with E-state index >= 15 is 0 Å². The minimum Gasteiger partial charge on any atom is -0.444 e. The first-order chi connectivity index (χ1) is 17.5. The van der Waals surface area contributed by atoms with Crippen LogP contribution >= 0.6 is 0 Å². The van der Waals surface area contributed by atoms with E-state index in [1.54, 1.807) is 35.3 Å². The van der Waals surface area contributed by atoms with Gasteiger partial charge in [-0.25, -0.2) is 19.0 Å². The second kappa shape index (κ2) is 9.20. The maximum Gasteiger partial charge on any atom is 0.410 e. The number of piperazine rings is 1. The maximum absolute atomic E-state index is 14.5. The lowest BCUT2D eigenvalue weighted by atomic mass is 10.1. The lowest BCUT2D eigenvalue weighted by molar-refractivity contribution is 0.0159. The molecule has 4 heterocycles. The van der Waals surface area contributed by atoms with E-state index in [-0.39, 0.29) is 23.7 Å². The molecule has 2 aromatic heterocycles. The van der Waals surface area contributed by atoms with E-state index in [9.17, 15) is 14.0 Å². The summed E-state index contributed by atoms with van der Waals surface area (Å²) in [7, 11) is 1.72. The van der Waals surface area contributed by atoms with Crippen molar-refractivity contribution in [3.8, 4) is 0 Å². The second-order valence-electron chi connectivity index (χ2n) is 10.6. The molecule has 1 atom stereocenters. The number of rotatable bonds is 2. The SMILES string of the molecule is C[C@@H]1CN(c2ccnc3c2CCN3C(=O)Nc2cc(F)c3nn(C)cc3c2)CCN1C(=O)OC(C)(C)C. The first-order valence-corrected chi connectivity index (χ1v) is 12.4. The number of hydrogen-bond acceptors (Lipinski definition) is 6. The zero-order chi connectivity index (χ0) is 26.5. The van der Waals surface area contributed by atoms with Gasteiger partial charge in [0.2, 0.25) is 0 Å². The number of halogens is 1. The molecule has 0 unspecified atom stereocenters. The van der Waals surface area contributed by atoms with Gasteiger partial charge in [-0.3, -0.25) is 9.58 Å². The molecule has 3 aromatic rings. The van der Waals surface area contributed by atoms with Crippen LogP contribution in [0.3, 0.4) is 0 Å². The number of amides is 3. The molecule has 1 saturated heterocycles. The molecule has 1 fully saturated rings. The van der Waals surface area contributed by atoms with Gasteiger partial charge >= 0.3 is 12.1 Å². The normalized spacial score (nSPS) is 17.8. The van der Waals surface area contributed by atoms with Crippen molar-refractivity contribution >= 4 is 40.2 Å². The van der Waals surface area contributed by atoms with Crippen LogP contribution in [-0.4, -0.2) is 69.6 Å². The zero-order valence-corrected chi connectivity index (χ0v) is 21.8. The van der Waals surface area contributed by atoms with Gasteiger partial charge in [0.1, 0.15) is 16.9 Å².